The van der Waals surface area contributed by atoms with E-state index in [0.717, 1.165) is 31.5 Å². The number of rotatable bonds is 8. The van der Waals surface area contributed by atoms with E-state index in [1.807, 2.05) is 12.1 Å². The van der Waals surface area contributed by atoms with Crippen LogP contribution in [0.15, 0.2) is 41.1 Å². The predicted octanol–water partition coefficient (Wildman–Crippen LogP) is 4.85. The van der Waals surface area contributed by atoms with Crippen molar-refractivity contribution >= 4 is 11.3 Å². The molecule has 0 spiro atoms. The topological polar surface area (TPSA) is 12.0 Å². The Labute approximate surface area is 131 Å². The van der Waals surface area contributed by atoms with Crippen LogP contribution in [0, 0.1) is 11.7 Å². The van der Waals surface area contributed by atoms with Gasteiger partial charge in [-0.1, -0.05) is 32.0 Å². The van der Waals surface area contributed by atoms with Gasteiger partial charge in [-0.15, -0.1) is 0 Å². The van der Waals surface area contributed by atoms with E-state index >= 15 is 0 Å². The zero-order valence-corrected chi connectivity index (χ0v) is 13.6. The van der Waals surface area contributed by atoms with E-state index in [4.69, 9.17) is 0 Å². The summed E-state index contributed by atoms with van der Waals surface area (Å²) in [5, 5.41) is 7.76. The summed E-state index contributed by atoms with van der Waals surface area (Å²) < 4.78 is 14.1. The van der Waals surface area contributed by atoms with E-state index in [0.29, 0.717) is 5.92 Å². The number of benzene rings is 1. The summed E-state index contributed by atoms with van der Waals surface area (Å²) >= 11 is 1.72. The van der Waals surface area contributed by atoms with Crippen LogP contribution in [0.25, 0.3) is 0 Å². The van der Waals surface area contributed by atoms with Crippen LogP contribution in [0.4, 0.5) is 4.39 Å². The van der Waals surface area contributed by atoms with E-state index in [-0.39, 0.29) is 11.7 Å². The lowest BCUT2D eigenvalue weighted by Gasteiger charge is -2.19. The van der Waals surface area contributed by atoms with Crippen molar-refractivity contribution in [1.29, 1.82) is 0 Å². The lowest BCUT2D eigenvalue weighted by atomic mass is 9.92. The van der Waals surface area contributed by atoms with Gasteiger partial charge in [-0.3, -0.25) is 0 Å². The molecular formula is C18H24FNS. The molecule has 0 bridgehead atoms. The Morgan fingerprint density at radius 3 is 2.62 bits per heavy atom. The Hall–Kier alpha value is -1.19. The zero-order valence-electron chi connectivity index (χ0n) is 12.8. The zero-order chi connectivity index (χ0) is 15.1. The van der Waals surface area contributed by atoms with Gasteiger partial charge in [0.2, 0.25) is 0 Å². The molecule has 114 valence electrons. The standard InChI is InChI=1S/C18H24FNS/c1-14(2)11-20-12-16(8-7-15-9-10-21-13-15)17-5-3-4-6-18(17)19/h3-6,9-10,13-14,16,20H,7-8,11-12H2,1-2H3. The molecule has 1 N–H and O–H groups in total. The van der Waals surface area contributed by atoms with Crippen LogP contribution in [0.3, 0.4) is 0 Å². The molecule has 0 saturated carbocycles. The normalized spacial score (nSPS) is 12.8. The predicted molar refractivity (Wildman–Crippen MR) is 89.5 cm³/mol. The van der Waals surface area contributed by atoms with Gasteiger partial charge in [-0.25, -0.2) is 4.39 Å². The summed E-state index contributed by atoms with van der Waals surface area (Å²) in [6, 6.07) is 9.33. The first-order chi connectivity index (χ1) is 10.2. The first kappa shape index (κ1) is 16.2. The number of nitrogens with one attached hydrogen (secondary N) is 1. The van der Waals surface area contributed by atoms with E-state index in [1.54, 1.807) is 23.5 Å². The van der Waals surface area contributed by atoms with Gasteiger partial charge in [0.1, 0.15) is 5.82 Å². The number of hydrogen-bond acceptors (Lipinski definition) is 2. The summed E-state index contributed by atoms with van der Waals surface area (Å²) in [5.74, 6) is 0.757. The second-order valence-electron chi connectivity index (χ2n) is 5.94. The van der Waals surface area contributed by atoms with Crippen molar-refractivity contribution in [3.63, 3.8) is 0 Å². The molecule has 1 aromatic carbocycles. The van der Waals surface area contributed by atoms with Crippen molar-refractivity contribution in [2.24, 2.45) is 5.92 Å². The van der Waals surface area contributed by atoms with Gasteiger partial charge < -0.3 is 5.32 Å². The molecule has 0 aliphatic rings. The molecule has 1 unspecified atom stereocenters. The van der Waals surface area contributed by atoms with Crippen LogP contribution in [-0.2, 0) is 6.42 Å². The van der Waals surface area contributed by atoms with Crippen molar-refractivity contribution < 1.29 is 4.39 Å². The van der Waals surface area contributed by atoms with Gasteiger partial charge in [0, 0.05) is 6.54 Å². The Morgan fingerprint density at radius 2 is 1.95 bits per heavy atom. The molecule has 1 atom stereocenters. The van der Waals surface area contributed by atoms with E-state index in [1.165, 1.54) is 5.56 Å². The fourth-order valence-corrected chi connectivity index (χ4v) is 3.20. The van der Waals surface area contributed by atoms with Crippen LogP contribution in [0.2, 0.25) is 0 Å². The molecule has 21 heavy (non-hydrogen) atoms. The Morgan fingerprint density at radius 1 is 1.14 bits per heavy atom. The molecule has 0 radical (unpaired) electrons. The largest absolute Gasteiger partial charge is 0.316 e. The highest BCUT2D eigenvalue weighted by Gasteiger charge is 2.15. The second-order valence-corrected chi connectivity index (χ2v) is 6.72. The molecule has 2 aromatic rings. The molecule has 0 saturated heterocycles. The molecule has 2 rings (SSSR count). The van der Waals surface area contributed by atoms with Crippen molar-refractivity contribution in [2.45, 2.75) is 32.6 Å². The highest BCUT2D eigenvalue weighted by Crippen LogP contribution is 2.24. The Bertz CT molecular complexity index is 522. The van der Waals surface area contributed by atoms with E-state index < -0.39 is 0 Å². The van der Waals surface area contributed by atoms with Crippen molar-refractivity contribution in [2.75, 3.05) is 13.1 Å². The minimum Gasteiger partial charge on any atom is -0.316 e. The van der Waals surface area contributed by atoms with Crippen molar-refractivity contribution in [3.8, 4) is 0 Å². The van der Waals surface area contributed by atoms with Crippen molar-refractivity contribution in [3.05, 3.63) is 58.0 Å². The number of halogens is 1. The SMILES string of the molecule is CC(C)CNCC(CCc1ccsc1)c1ccccc1F. The molecule has 0 aliphatic heterocycles. The molecular weight excluding hydrogens is 281 g/mol. The highest BCUT2D eigenvalue weighted by atomic mass is 32.1. The summed E-state index contributed by atoms with van der Waals surface area (Å²) in [7, 11) is 0. The monoisotopic (exact) mass is 305 g/mol. The van der Waals surface area contributed by atoms with Crippen LogP contribution < -0.4 is 5.32 Å². The van der Waals surface area contributed by atoms with E-state index in [2.05, 4.69) is 36.0 Å². The molecule has 0 fully saturated rings. The maximum Gasteiger partial charge on any atom is 0.126 e. The number of aryl methyl sites for hydroxylation is 1. The molecule has 1 nitrogen and oxygen atoms in total. The molecule has 1 heterocycles. The van der Waals surface area contributed by atoms with Gasteiger partial charge in [0.25, 0.3) is 0 Å². The fourth-order valence-electron chi connectivity index (χ4n) is 2.50. The number of hydrogen-bond donors (Lipinski definition) is 1. The quantitative estimate of drug-likeness (QED) is 0.735. The lowest BCUT2D eigenvalue weighted by molar-refractivity contribution is 0.485. The highest BCUT2D eigenvalue weighted by molar-refractivity contribution is 7.07. The van der Waals surface area contributed by atoms with Crippen LogP contribution >= 0.6 is 11.3 Å². The maximum absolute atomic E-state index is 14.1. The summed E-state index contributed by atoms with van der Waals surface area (Å²) in [6.07, 6.45) is 1.98. The Kier molecular flexibility index (Phi) is 6.40. The molecule has 3 heteroatoms. The third kappa shape index (κ3) is 5.25. The summed E-state index contributed by atoms with van der Waals surface area (Å²) in [5.41, 5.74) is 2.19. The third-order valence-electron chi connectivity index (χ3n) is 3.65. The van der Waals surface area contributed by atoms with Crippen LogP contribution in [-0.4, -0.2) is 13.1 Å². The van der Waals surface area contributed by atoms with Gasteiger partial charge in [0.05, 0.1) is 0 Å². The third-order valence-corrected chi connectivity index (χ3v) is 4.38. The van der Waals surface area contributed by atoms with E-state index in [9.17, 15) is 4.39 Å². The Balaban J connectivity index is 2.01. The number of thiophene rings is 1. The fraction of sp³-hybridized carbons (Fsp3) is 0.444. The minimum atomic E-state index is -0.0841. The second kappa shape index (κ2) is 8.30. The van der Waals surface area contributed by atoms with Gasteiger partial charge >= 0.3 is 0 Å². The summed E-state index contributed by atoms with van der Waals surface area (Å²) in [4.78, 5) is 0. The smallest absolute Gasteiger partial charge is 0.126 e. The molecule has 0 amide bonds. The van der Waals surface area contributed by atoms with Crippen LogP contribution in [0.1, 0.15) is 37.3 Å². The maximum atomic E-state index is 14.1. The molecule has 1 aromatic heterocycles. The molecule has 0 aliphatic carbocycles. The minimum absolute atomic E-state index is 0.0841. The first-order valence-electron chi connectivity index (χ1n) is 7.63. The van der Waals surface area contributed by atoms with Gasteiger partial charge in [-0.05, 0) is 65.2 Å². The van der Waals surface area contributed by atoms with Gasteiger partial charge in [-0.2, -0.15) is 11.3 Å². The first-order valence-corrected chi connectivity index (χ1v) is 8.57. The average Bonchev–Trinajstić information content (AvgIpc) is 2.96. The van der Waals surface area contributed by atoms with Gasteiger partial charge in [0.15, 0.2) is 0 Å². The average molecular weight is 305 g/mol. The summed E-state index contributed by atoms with van der Waals surface area (Å²) in [6.45, 7) is 6.19. The van der Waals surface area contributed by atoms with Crippen LogP contribution in [0.5, 0.6) is 0 Å². The van der Waals surface area contributed by atoms with Crippen molar-refractivity contribution in [1.82, 2.24) is 5.32 Å². The lowest BCUT2D eigenvalue weighted by Crippen LogP contribution is -2.26.